The molecule has 0 aliphatic heterocycles. The van der Waals surface area contributed by atoms with E-state index in [1.54, 1.807) is 4.90 Å². The number of nitrogens with zero attached hydrogens (tertiary/aromatic N) is 1. The maximum Gasteiger partial charge on any atom is 0.415 e. The van der Waals surface area contributed by atoms with E-state index in [0.717, 1.165) is 18.5 Å². The number of carbonyl (C=O) groups is 1. The Morgan fingerprint density at radius 1 is 1.26 bits per heavy atom. The first-order valence-electron chi connectivity index (χ1n) is 6.74. The molecule has 1 amide bonds. The van der Waals surface area contributed by atoms with Crippen LogP contribution in [0.3, 0.4) is 0 Å². The van der Waals surface area contributed by atoms with E-state index in [0.29, 0.717) is 5.69 Å². The van der Waals surface area contributed by atoms with Crippen LogP contribution in [-0.4, -0.2) is 17.7 Å². The van der Waals surface area contributed by atoms with Gasteiger partial charge in [-0.3, -0.25) is 4.90 Å². The van der Waals surface area contributed by atoms with E-state index >= 15 is 0 Å². The van der Waals surface area contributed by atoms with Gasteiger partial charge in [0.15, 0.2) is 0 Å². The van der Waals surface area contributed by atoms with E-state index in [-0.39, 0.29) is 12.1 Å². The highest BCUT2D eigenvalue weighted by atomic mass is 16.6. The first-order valence-corrected chi connectivity index (χ1v) is 6.74. The fraction of sp³-hybridized carbons (Fsp3) is 0.533. The van der Waals surface area contributed by atoms with Gasteiger partial charge in [0.25, 0.3) is 0 Å². The molecular weight excluding hydrogens is 240 g/mol. The van der Waals surface area contributed by atoms with Crippen molar-refractivity contribution in [3.8, 4) is 0 Å². The molecule has 1 saturated carbocycles. The van der Waals surface area contributed by atoms with Gasteiger partial charge in [0.1, 0.15) is 5.60 Å². The third-order valence-corrected chi connectivity index (χ3v) is 3.20. The molecule has 0 saturated heterocycles. The quantitative estimate of drug-likeness (QED) is 0.829. The monoisotopic (exact) mass is 262 g/mol. The van der Waals surface area contributed by atoms with Crippen molar-refractivity contribution in [3.05, 3.63) is 24.3 Å². The standard InChI is InChI=1S/C15H22N2O2/c1-15(2,3)19-14(18)17(12-5-4-6-12)13-9-7-11(16)8-10-13/h7-10,12H,4-6,16H2,1-3H3. The lowest BCUT2D eigenvalue weighted by molar-refractivity contribution is 0.0549. The Kier molecular flexibility index (Phi) is 3.69. The molecule has 1 aromatic rings. The molecule has 0 spiro atoms. The van der Waals surface area contributed by atoms with Crippen LogP contribution in [0.15, 0.2) is 24.3 Å². The van der Waals surface area contributed by atoms with Crippen LogP contribution in [0, 0.1) is 0 Å². The molecule has 0 unspecified atom stereocenters. The number of benzene rings is 1. The van der Waals surface area contributed by atoms with Crippen LogP contribution in [0.1, 0.15) is 40.0 Å². The summed E-state index contributed by atoms with van der Waals surface area (Å²) in [6.45, 7) is 5.65. The van der Waals surface area contributed by atoms with Crippen molar-refractivity contribution in [1.82, 2.24) is 0 Å². The lowest BCUT2D eigenvalue weighted by Crippen LogP contribution is -2.46. The number of hydrogen-bond donors (Lipinski definition) is 1. The molecule has 1 aromatic carbocycles. The minimum atomic E-state index is -0.479. The number of hydrogen-bond acceptors (Lipinski definition) is 3. The normalized spacial score (nSPS) is 15.7. The van der Waals surface area contributed by atoms with Crippen molar-refractivity contribution < 1.29 is 9.53 Å². The molecule has 4 nitrogen and oxygen atoms in total. The Morgan fingerprint density at radius 2 is 1.84 bits per heavy atom. The van der Waals surface area contributed by atoms with Gasteiger partial charge in [-0.1, -0.05) is 0 Å². The van der Waals surface area contributed by atoms with Crippen molar-refractivity contribution >= 4 is 17.5 Å². The van der Waals surface area contributed by atoms with Gasteiger partial charge in [-0.25, -0.2) is 4.79 Å². The first-order chi connectivity index (χ1) is 8.87. The van der Waals surface area contributed by atoms with Gasteiger partial charge >= 0.3 is 6.09 Å². The van der Waals surface area contributed by atoms with Gasteiger partial charge in [0, 0.05) is 17.4 Å². The number of rotatable bonds is 2. The summed E-state index contributed by atoms with van der Waals surface area (Å²) in [5, 5.41) is 0. The summed E-state index contributed by atoms with van der Waals surface area (Å²) in [5.74, 6) is 0. The van der Waals surface area contributed by atoms with Gasteiger partial charge in [-0.2, -0.15) is 0 Å². The van der Waals surface area contributed by atoms with Crippen molar-refractivity contribution in [2.45, 2.75) is 51.7 Å². The van der Waals surface area contributed by atoms with E-state index < -0.39 is 5.60 Å². The van der Waals surface area contributed by atoms with Crippen LogP contribution in [0.25, 0.3) is 0 Å². The molecular formula is C15H22N2O2. The van der Waals surface area contributed by atoms with Crippen LogP contribution in [0.2, 0.25) is 0 Å². The molecule has 0 heterocycles. The first kappa shape index (κ1) is 13.7. The predicted molar refractivity (Wildman–Crippen MR) is 77.2 cm³/mol. The predicted octanol–water partition coefficient (Wildman–Crippen LogP) is 3.56. The zero-order chi connectivity index (χ0) is 14.0. The summed E-state index contributed by atoms with van der Waals surface area (Å²) < 4.78 is 5.50. The van der Waals surface area contributed by atoms with Crippen LogP contribution < -0.4 is 10.6 Å². The second-order valence-electron chi connectivity index (χ2n) is 6.03. The second kappa shape index (κ2) is 5.11. The molecule has 0 aromatic heterocycles. The van der Waals surface area contributed by atoms with Gasteiger partial charge < -0.3 is 10.5 Å². The van der Waals surface area contributed by atoms with Crippen molar-refractivity contribution in [3.63, 3.8) is 0 Å². The third kappa shape index (κ3) is 3.40. The SMILES string of the molecule is CC(C)(C)OC(=O)N(c1ccc(N)cc1)C1CCC1. The van der Waals surface area contributed by atoms with Crippen molar-refractivity contribution in [1.29, 1.82) is 0 Å². The molecule has 104 valence electrons. The minimum absolute atomic E-state index is 0.249. The van der Waals surface area contributed by atoms with Gasteiger partial charge in [0.2, 0.25) is 0 Å². The topological polar surface area (TPSA) is 55.6 Å². The minimum Gasteiger partial charge on any atom is -0.443 e. The molecule has 2 N–H and O–H groups in total. The number of nitrogens with two attached hydrogens (primary N) is 1. The average molecular weight is 262 g/mol. The highest BCUT2D eigenvalue weighted by Crippen LogP contribution is 2.31. The summed E-state index contributed by atoms with van der Waals surface area (Å²) in [6.07, 6.45) is 2.95. The van der Waals surface area contributed by atoms with E-state index in [4.69, 9.17) is 10.5 Å². The van der Waals surface area contributed by atoms with Gasteiger partial charge in [0.05, 0.1) is 0 Å². The maximum absolute atomic E-state index is 12.4. The molecule has 1 fully saturated rings. The molecule has 1 aliphatic rings. The molecule has 19 heavy (non-hydrogen) atoms. The number of carbonyl (C=O) groups excluding carboxylic acids is 1. The Balaban J connectivity index is 2.20. The summed E-state index contributed by atoms with van der Waals surface area (Å²) >= 11 is 0. The molecule has 2 rings (SSSR count). The molecule has 0 atom stereocenters. The summed E-state index contributed by atoms with van der Waals surface area (Å²) in [5.41, 5.74) is 6.76. The molecule has 1 aliphatic carbocycles. The number of ether oxygens (including phenoxy) is 1. The fourth-order valence-electron chi connectivity index (χ4n) is 2.06. The number of anilines is 2. The lowest BCUT2D eigenvalue weighted by atomic mass is 9.91. The molecule has 0 radical (unpaired) electrons. The zero-order valence-electron chi connectivity index (χ0n) is 11.8. The number of amides is 1. The Morgan fingerprint density at radius 3 is 2.26 bits per heavy atom. The van der Waals surface area contributed by atoms with Crippen LogP contribution in [0.4, 0.5) is 16.2 Å². The third-order valence-electron chi connectivity index (χ3n) is 3.20. The fourth-order valence-corrected chi connectivity index (χ4v) is 2.06. The Labute approximate surface area is 114 Å². The summed E-state index contributed by atoms with van der Waals surface area (Å²) in [6, 6.07) is 7.62. The van der Waals surface area contributed by atoms with Crippen LogP contribution in [0.5, 0.6) is 0 Å². The summed E-state index contributed by atoms with van der Waals surface area (Å²) in [4.78, 5) is 14.1. The average Bonchev–Trinajstić information content (AvgIpc) is 2.22. The van der Waals surface area contributed by atoms with Gasteiger partial charge in [-0.05, 0) is 64.3 Å². The van der Waals surface area contributed by atoms with E-state index in [2.05, 4.69) is 0 Å². The van der Waals surface area contributed by atoms with Gasteiger partial charge in [-0.15, -0.1) is 0 Å². The molecule has 0 bridgehead atoms. The summed E-state index contributed by atoms with van der Waals surface area (Å²) in [7, 11) is 0. The van der Waals surface area contributed by atoms with Crippen LogP contribution in [-0.2, 0) is 4.74 Å². The Hall–Kier alpha value is -1.71. The zero-order valence-corrected chi connectivity index (χ0v) is 11.8. The molecule has 4 heteroatoms. The second-order valence-corrected chi connectivity index (χ2v) is 6.03. The number of nitrogen functional groups attached to an aromatic ring is 1. The highest BCUT2D eigenvalue weighted by Gasteiger charge is 2.33. The van der Waals surface area contributed by atoms with E-state index in [1.165, 1.54) is 6.42 Å². The smallest absolute Gasteiger partial charge is 0.415 e. The van der Waals surface area contributed by atoms with Crippen LogP contribution >= 0.6 is 0 Å². The van der Waals surface area contributed by atoms with E-state index in [1.807, 2.05) is 45.0 Å². The van der Waals surface area contributed by atoms with Crippen molar-refractivity contribution in [2.75, 3.05) is 10.6 Å². The van der Waals surface area contributed by atoms with Crippen molar-refractivity contribution in [2.24, 2.45) is 0 Å². The Bertz CT molecular complexity index is 444. The van der Waals surface area contributed by atoms with E-state index in [9.17, 15) is 4.79 Å². The highest BCUT2D eigenvalue weighted by molar-refractivity contribution is 5.89. The lowest BCUT2D eigenvalue weighted by Gasteiger charge is -2.38. The maximum atomic E-state index is 12.4. The largest absolute Gasteiger partial charge is 0.443 e.